The number of aromatic nitrogens is 1. The molecule has 1 saturated heterocycles. The molecule has 1 amide bonds. The molecule has 0 saturated carbocycles. The van der Waals surface area contributed by atoms with Gasteiger partial charge in [-0.25, -0.2) is 4.98 Å². The van der Waals surface area contributed by atoms with Gasteiger partial charge >= 0.3 is 0 Å². The van der Waals surface area contributed by atoms with Crippen LogP contribution in [0.2, 0.25) is 0 Å². The van der Waals surface area contributed by atoms with Crippen molar-refractivity contribution in [3.63, 3.8) is 0 Å². The van der Waals surface area contributed by atoms with Crippen LogP contribution >= 0.6 is 11.3 Å². The molecule has 0 radical (unpaired) electrons. The van der Waals surface area contributed by atoms with Gasteiger partial charge in [-0.3, -0.25) is 9.69 Å². The van der Waals surface area contributed by atoms with Gasteiger partial charge in [0, 0.05) is 68.1 Å². The predicted octanol–water partition coefficient (Wildman–Crippen LogP) is 4.58. The number of hydrogen-bond acceptors (Lipinski definition) is 6. The van der Waals surface area contributed by atoms with Crippen molar-refractivity contribution in [2.75, 3.05) is 56.5 Å². The van der Waals surface area contributed by atoms with Gasteiger partial charge in [0.2, 0.25) is 5.91 Å². The van der Waals surface area contributed by atoms with Crippen LogP contribution in [0.25, 0.3) is 10.6 Å². The Hall–Kier alpha value is -2.74. The van der Waals surface area contributed by atoms with Crippen LogP contribution in [-0.2, 0) is 17.8 Å². The van der Waals surface area contributed by atoms with Crippen molar-refractivity contribution in [3.05, 3.63) is 65.2 Å². The molecule has 0 aliphatic carbocycles. The minimum atomic E-state index is -0.0463. The van der Waals surface area contributed by atoms with Gasteiger partial charge in [-0.1, -0.05) is 24.3 Å². The zero-order valence-electron chi connectivity index (χ0n) is 20.5. The molecule has 6 nitrogen and oxygen atoms in total. The van der Waals surface area contributed by atoms with Crippen molar-refractivity contribution in [1.29, 1.82) is 0 Å². The molecule has 0 atom stereocenters. The highest BCUT2D eigenvalue weighted by molar-refractivity contribution is 7.13. The molecule has 0 spiro atoms. The highest BCUT2D eigenvalue weighted by Gasteiger charge is 2.14. The lowest BCUT2D eigenvalue weighted by atomic mass is 10.1. The zero-order valence-corrected chi connectivity index (χ0v) is 21.3. The molecule has 1 fully saturated rings. The van der Waals surface area contributed by atoms with Crippen molar-refractivity contribution < 1.29 is 4.79 Å². The molecule has 1 aliphatic heterocycles. The largest absolute Gasteiger partial charge is 0.372 e. The number of nitrogens with zero attached hydrogens (tertiary/aromatic N) is 4. The number of rotatable bonds is 9. The predicted molar refractivity (Wildman–Crippen MR) is 143 cm³/mol. The number of thiazole rings is 1. The normalized spacial score (nSPS) is 14.8. The first kappa shape index (κ1) is 24.4. The minimum Gasteiger partial charge on any atom is -0.372 e. The second-order valence-corrected chi connectivity index (χ2v) is 9.72. The maximum Gasteiger partial charge on any atom is 0.230 e. The van der Waals surface area contributed by atoms with Crippen LogP contribution < -0.4 is 10.2 Å². The van der Waals surface area contributed by atoms with Gasteiger partial charge < -0.3 is 15.1 Å². The van der Waals surface area contributed by atoms with Crippen LogP contribution in [0.5, 0.6) is 0 Å². The second-order valence-electron chi connectivity index (χ2n) is 8.86. The Morgan fingerprint density at radius 2 is 1.68 bits per heavy atom. The van der Waals surface area contributed by atoms with E-state index in [4.69, 9.17) is 4.98 Å². The van der Waals surface area contributed by atoms with E-state index >= 15 is 0 Å². The highest BCUT2D eigenvalue weighted by Crippen LogP contribution is 2.25. The summed E-state index contributed by atoms with van der Waals surface area (Å²) in [7, 11) is 2.18. The van der Waals surface area contributed by atoms with E-state index in [1.165, 1.54) is 11.3 Å². The summed E-state index contributed by atoms with van der Waals surface area (Å²) in [6.45, 7) is 11.7. The smallest absolute Gasteiger partial charge is 0.230 e. The number of hydrogen-bond donors (Lipinski definition) is 1. The minimum absolute atomic E-state index is 0.0463. The Balaban J connectivity index is 1.30. The van der Waals surface area contributed by atoms with Crippen LogP contribution in [0.3, 0.4) is 0 Å². The molecule has 7 heteroatoms. The lowest BCUT2D eigenvalue weighted by Crippen LogP contribution is -2.43. The Labute approximate surface area is 207 Å². The average molecular weight is 478 g/mol. The van der Waals surface area contributed by atoms with Gasteiger partial charge in [-0.05, 0) is 50.7 Å². The number of piperazine rings is 1. The first-order valence-corrected chi connectivity index (χ1v) is 13.0. The van der Waals surface area contributed by atoms with Crippen molar-refractivity contribution in [3.8, 4) is 10.6 Å². The molecular formula is C27H35N5OS. The number of carbonyl (C=O) groups is 1. The third-order valence-electron chi connectivity index (χ3n) is 6.38. The van der Waals surface area contributed by atoms with Crippen LogP contribution in [0.4, 0.5) is 11.4 Å². The monoisotopic (exact) mass is 477 g/mol. The summed E-state index contributed by atoms with van der Waals surface area (Å²) >= 11 is 1.59. The van der Waals surface area contributed by atoms with Gasteiger partial charge in [-0.2, -0.15) is 0 Å². The fraction of sp³-hybridized carbons (Fsp3) is 0.407. The van der Waals surface area contributed by atoms with Crippen molar-refractivity contribution in [2.24, 2.45) is 0 Å². The zero-order chi connectivity index (χ0) is 23.9. The highest BCUT2D eigenvalue weighted by atomic mass is 32.1. The van der Waals surface area contributed by atoms with E-state index in [9.17, 15) is 4.79 Å². The fourth-order valence-corrected chi connectivity index (χ4v) is 5.08. The molecule has 4 rings (SSSR count). The van der Waals surface area contributed by atoms with Gasteiger partial charge in [-0.15, -0.1) is 11.3 Å². The van der Waals surface area contributed by atoms with Gasteiger partial charge in [0.25, 0.3) is 0 Å². The fourth-order valence-electron chi connectivity index (χ4n) is 4.25. The van der Waals surface area contributed by atoms with Crippen LogP contribution in [0.1, 0.15) is 25.1 Å². The number of benzene rings is 2. The van der Waals surface area contributed by atoms with Gasteiger partial charge in [0.05, 0.1) is 12.1 Å². The summed E-state index contributed by atoms with van der Waals surface area (Å²) in [5, 5.41) is 5.93. The van der Waals surface area contributed by atoms with E-state index in [1.54, 1.807) is 11.3 Å². The first-order chi connectivity index (χ1) is 16.5. The molecule has 3 aromatic rings. The van der Waals surface area contributed by atoms with E-state index in [2.05, 4.69) is 77.3 Å². The van der Waals surface area contributed by atoms with Gasteiger partial charge in [0.1, 0.15) is 5.01 Å². The molecular weight excluding hydrogens is 442 g/mol. The summed E-state index contributed by atoms with van der Waals surface area (Å²) in [5.74, 6) is -0.0463. The van der Waals surface area contributed by atoms with Crippen molar-refractivity contribution in [1.82, 2.24) is 14.8 Å². The van der Waals surface area contributed by atoms with E-state index in [1.807, 2.05) is 17.5 Å². The summed E-state index contributed by atoms with van der Waals surface area (Å²) in [6, 6.07) is 16.7. The Morgan fingerprint density at radius 1 is 1.00 bits per heavy atom. The average Bonchev–Trinajstić information content (AvgIpc) is 3.31. The second kappa shape index (κ2) is 11.6. The summed E-state index contributed by atoms with van der Waals surface area (Å²) in [5.41, 5.74) is 5.22. The molecule has 0 unspecified atom stereocenters. The number of amides is 1. The van der Waals surface area contributed by atoms with Crippen LogP contribution in [-0.4, -0.2) is 67.0 Å². The van der Waals surface area contributed by atoms with E-state index in [-0.39, 0.29) is 12.3 Å². The van der Waals surface area contributed by atoms with E-state index in [0.29, 0.717) is 0 Å². The molecule has 2 aromatic carbocycles. The Kier molecular flexibility index (Phi) is 8.32. The Bertz CT molecular complexity index is 1050. The summed E-state index contributed by atoms with van der Waals surface area (Å²) < 4.78 is 0. The maximum atomic E-state index is 12.5. The maximum absolute atomic E-state index is 12.5. The SMILES string of the molecule is CCN(CC)c1ccc(NC(=O)Cc2csc(-c3ccc(CN4CCN(C)CC4)cc3)n2)cc1. The molecule has 0 bridgehead atoms. The number of anilines is 2. The first-order valence-electron chi connectivity index (χ1n) is 12.1. The van der Waals surface area contributed by atoms with E-state index in [0.717, 1.165) is 67.8 Å². The lowest BCUT2D eigenvalue weighted by Gasteiger charge is -2.32. The molecule has 34 heavy (non-hydrogen) atoms. The van der Waals surface area contributed by atoms with Crippen LogP contribution in [0, 0.1) is 0 Å². The Morgan fingerprint density at radius 3 is 2.32 bits per heavy atom. The topological polar surface area (TPSA) is 51.7 Å². The summed E-state index contributed by atoms with van der Waals surface area (Å²) in [6.07, 6.45) is 0.274. The van der Waals surface area contributed by atoms with Crippen LogP contribution in [0.15, 0.2) is 53.9 Å². The quantitative estimate of drug-likeness (QED) is 0.489. The molecule has 1 aliphatic rings. The number of nitrogens with one attached hydrogen (secondary N) is 1. The third kappa shape index (κ3) is 6.44. The molecule has 180 valence electrons. The van der Waals surface area contributed by atoms with Crippen molar-refractivity contribution in [2.45, 2.75) is 26.8 Å². The molecule has 1 aromatic heterocycles. The number of carbonyl (C=O) groups excluding carboxylic acids is 1. The number of likely N-dealkylation sites (N-methyl/N-ethyl adjacent to an activating group) is 1. The van der Waals surface area contributed by atoms with Crippen molar-refractivity contribution >= 4 is 28.6 Å². The molecule has 2 heterocycles. The third-order valence-corrected chi connectivity index (χ3v) is 7.32. The molecule has 1 N–H and O–H groups in total. The standard InChI is InChI=1S/C27H35N5OS/c1-4-32(5-2)25-12-10-23(11-13-25)28-26(33)18-24-20-34-27(29-24)22-8-6-21(7-9-22)19-31-16-14-30(3)15-17-31/h6-13,20H,4-5,14-19H2,1-3H3,(H,28,33). The van der Waals surface area contributed by atoms with Gasteiger partial charge in [0.15, 0.2) is 0 Å². The summed E-state index contributed by atoms with van der Waals surface area (Å²) in [4.78, 5) is 24.4. The van der Waals surface area contributed by atoms with E-state index < -0.39 is 0 Å². The lowest BCUT2D eigenvalue weighted by molar-refractivity contribution is -0.115.